The van der Waals surface area contributed by atoms with Crippen LogP contribution in [0.5, 0.6) is 0 Å². The molecule has 0 fully saturated rings. The van der Waals surface area contributed by atoms with Crippen LogP contribution in [0.1, 0.15) is 26.7 Å². The van der Waals surface area contributed by atoms with Gasteiger partial charge in [-0.05, 0) is 12.1 Å². The lowest BCUT2D eigenvalue weighted by Crippen LogP contribution is -2.11. The van der Waals surface area contributed by atoms with Crippen molar-refractivity contribution in [1.29, 1.82) is 0 Å². The Hall–Kier alpha value is -2.40. The molecule has 0 bridgehead atoms. The molecule has 0 aliphatic heterocycles. The van der Waals surface area contributed by atoms with Crippen molar-refractivity contribution >= 4 is 9.84 Å². The van der Waals surface area contributed by atoms with Gasteiger partial charge in [0.05, 0.1) is 4.90 Å². The third kappa shape index (κ3) is 3.66. The van der Waals surface area contributed by atoms with Gasteiger partial charge in [0, 0.05) is 22.8 Å². The molecule has 0 unspecified atom stereocenters. The van der Waals surface area contributed by atoms with Crippen molar-refractivity contribution < 1.29 is 12.8 Å². The van der Waals surface area contributed by atoms with Crippen LogP contribution >= 0.6 is 0 Å². The van der Waals surface area contributed by atoms with Gasteiger partial charge in [0.15, 0.2) is 15.6 Å². The van der Waals surface area contributed by atoms with Crippen LogP contribution in [0, 0.1) is 0 Å². The van der Waals surface area contributed by atoms with E-state index >= 15 is 0 Å². The molecule has 3 rings (SSSR count). The molecule has 0 amide bonds. The first-order valence-electron chi connectivity index (χ1n) is 8.03. The van der Waals surface area contributed by atoms with Crippen LogP contribution in [0.15, 0.2) is 63.9 Å². The molecule has 0 spiro atoms. The monoisotopic (exact) mass is 355 g/mol. The summed E-state index contributed by atoms with van der Waals surface area (Å²) in [5.41, 5.74) is 2.25. The maximum atomic E-state index is 11.7. The van der Waals surface area contributed by atoms with Gasteiger partial charge >= 0.3 is 0 Å². The fourth-order valence-corrected chi connectivity index (χ4v) is 3.11. The highest BCUT2D eigenvalue weighted by atomic mass is 32.2. The van der Waals surface area contributed by atoms with Gasteiger partial charge in [-0.15, -0.1) is 0 Å². The molecule has 0 aliphatic carbocycles. The minimum absolute atomic E-state index is 0.228. The lowest BCUT2D eigenvalue weighted by molar-refractivity contribution is 0.399. The van der Waals surface area contributed by atoms with Gasteiger partial charge in [-0.1, -0.05) is 63.2 Å². The standard InChI is InChI=1S/C20H21NO3S/c1-20(2,3)19-21-17(18(24-19)15-8-6-5-7-9-15)14-10-12-16(13-11-14)25(4,22)23/h5-13H,1-4H3. The van der Waals surface area contributed by atoms with E-state index in [9.17, 15) is 8.42 Å². The number of aromatic nitrogens is 1. The normalized spacial score (nSPS) is 12.3. The second-order valence-corrected chi connectivity index (χ2v) is 9.13. The van der Waals surface area contributed by atoms with E-state index in [4.69, 9.17) is 9.40 Å². The second kappa shape index (κ2) is 6.15. The van der Waals surface area contributed by atoms with E-state index < -0.39 is 9.84 Å². The summed E-state index contributed by atoms with van der Waals surface area (Å²) < 4.78 is 29.4. The summed E-state index contributed by atoms with van der Waals surface area (Å²) in [6.45, 7) is 6.14. The molecule has 0 aliphatic rings. The topological polar surface area (TPSA) is 60.2 Å². The zero-order chi connectivity index (χ0) is 18.2. The maximum Gasteiger partial charge on any atom is 0.200 e. The molecular weight excluding hydrogens is 334 g/mol. The summed E-state index contributed by atoms with van der Waals surface area (Å²) in [4.78, 5) is 4.99. The molecule has 130 valence electrons. The van der Waals surface area contributed by atoms with Crippen molar-refractivity contribution in [3.63, 3.8) is 0 Å². The fourth-order valence-electron chi connectivity index (χ4n) is 2.48. The third-order valence-electron chi connectivity index (χ3n) is 3.86. The molecule has 0 atom stereocenters. The van der Waals surface area contributed by atoms with Gasteiger partial charge in [0.1, 0.15) is 5.69 Å². The van der Waals surface area contributed by atoms with Gasteiger partial charge < -0.3 is 4.42 Å². The lowest BCUT2D eigenvalue weighted by atomic mass is 9.97. The molecule has 25 heavy (non-hydrogen) atoms. The van der Waals surface area contributed by atoms with Crippen LogP contribution in [0.4, 0.5) is 0 Å². The van der Waals surface area contributed by atoms with Crippen LogP contribution in [0.25, 0.3) is 22.6 Å². The van der Waals surface area contributed by atoms with Crippen LogP contribution in [0.3, 0.4) is 0 Å². The maximum absolute atomic E-state index is 11.7. The van der Waals surface area contributed by atoms with Gasteiger partial charge in [0.25, 0.3) is 0 Å². The number of benzene rings is 2. The van der Waals surface area contributed by atoms with E-state index in [0.717, 1.165) is 16.8 Å². The molecule has 1 heterocycles. The Morgan fingerprint density at radius 2 is 1.48 bits per heavy atom. The molecule has 0 saturated carbocycles. The number of sulfone groups is 1. The summed E-state index contributed by atoms with van der Waals surface area (Å²) in [6.07, 6.45) is 1.20. The predicted octanol–water partition coefficient (Wildman–Crippen LogP) is 4.71. The zero-order valence-corrected chi connectivity index (χ0v) is 15.6. The number of hydrogen-bond donors (Lipinski definition) is 0. The molecule has 2 aromatic carbocycles. The Morgan fingerprint density at radius 3 is 2.00 bits per heavy atom. The highest BCUT2D eigenvalue weighted by molar-refractivity contribution is 7.90. The van der Waals surface area contributed by atoms with E-state index in [0.29, 0.717) is 11.7 Å². The van der Waals surface area contributed by atoms with Gasteiger partial charge in [0.2, 0.25) is 5.89 Å². The van der Waals surface area contributed by atoms with Crippen molar-refractivity contribution in [2.45, 2.75) is 31.1 Å². The largest absolute Gasteiger partial charge is 0.439 e. The average Bonchev–Trinajstić information content (AvgIpc) is 3.00. The Bertz CT molecular complexity index is 980. The van der Waals surface area contributed by atoms with Crippen LogP contribution in [0.2, 0.25) is 0 Å². The summed E-state index contributed by atoms with van der Waals surface area (Å²) in [6, 6.07) is 16.5. The first-order valence-corrected chi connectivity index (χ1v) is 9.92. The smallest absolute Gasteiger partial charge is 0.200 e. The predicted molar refractivity (Wildman–Crippen MR) is 99.2 cm³/mol. The number of nitrogens with zero attached hydrogens (tertiary/aromatic N) is 1. The SMILES string of the molecule is CC(C)(C)c1nc(-c2ccc(S(C)(=O)=O)cc2)c(-c2ccccc2)o1. The molecule has 1 aromatic heterocycles. The first kappa shape index (κ1) is 17.4. The number of oxazole rings is 1. The highest BCUT2D eigenvalue weighted by Gasteiger charge is 2.25. The van der Waals surface area contributed by atoms with E-state index in [1.807, 2.05) is 51.1 Å². The molecule has 0 N–H and O–H groups in total. The quantitative estimate of drug-likeness (QED) is 0.683. The Kier molecular flexibility index (Phi) is 4.29. The lowest BCUT2D eigenvalue weighted by Gasteiger charge is -2.12. The molecule has 0 saturated heterocycles. The summed E-state index contributed by atoms with van der Waals surface area (Å²) in [7, 11) is -3.23. The average molecular weight is 355 g/mol. The second-order valence-electron chi connectivity index (χ2n) is 7.11. The molecule has 0 radical (unpaired) electrons. The molecule has 5 heteroatoms. The summed E-state index contributed by atoms with van der Waals surface area (Å²) in [5, 5.41) is 0. The molecule has 3 aromatic rings. The van der Waals surface area contributed by atoms with Crippen molar-refractivity contribution in [1.82, 2.24) is 4.98 Å². The van der Waals surface area contributed by atoms with Crippen LogP contribution in [-0.2, 0) is 15.3 Å². The van der Waals surface area contributed by atoms with Gasteiger partial charge in [-0.25, -0.2) is 13.4 Å². The van der Waals surface area contributed by atoms with Gasteiger partial charge in [-0.3, -0.25) is 0 Å². The summed E-state index contributed by atoms with van der Waals surface area (Å²) >= 11 is 0. The van der Waals surface area contributed by atoms with Crippen molar-refractivity contribution in [3.05, 3.63) is 60.5 Å². The van der Waals surface area contributed by atoms with E-state index in [1.54, 1.807) is 24.3 Å². The number of rotatable bonds is 3. The summed E-state index contributed by atoms with van der Waals surface area (Å²) in [5.74, 6) is 1.34. The number of hydrogen-bond acceptors (Lipinski definition) is 4. The minimum Gasteiger partial charge on any atom is -0.439 e. The zero-order valence-electron chi connectivity index (χ0n) is 14.8. The van der Waals surface area contributed by atoms with Crippen LogP contribution in [-0.4, -0.2) is 19.7 Å². The Morgan fingerprint density at radius 1 is 0.880 bits per heavy atom. The van der Waals surface area contributed by atoms with Crippen molar-refractivity contribution in [3.8, 4) is 22.6 Å². The molecule has 4 nitrogen and oxygen atoms in total. The molecular formula is C20H21NO3S. The highest BCUT2D eigenvalue weighted by Crippen LogP contribution is 2.36. The van der Waals surface area contributed by atoms with E-state index in [2.05, 4.69) is 0 Å². The van der Waals surface area contributed by atoms with Crippen molar-refractivity contribution in [2.75, 3.05) is 6.26 Å². The third-order valence-corrected chi connectivity index (χ3v) is 4.99. The van der Waals surface area contributed by atoms with E-state index in [-0.39, 0.29) is 10.3 Å². The van der Waals surface area contributed by atoms with Crippen LogP contribution < -0.4 is 0 Å². The minimum atomic E-state index is -3.23. The fraction of sp³-hybridized carbons (Fsp3) is 0.250. The van der Waals surface area contributed by atoms with Crippen molar-refractivity contribution in [2.24, 2.45) is 0 Å². The van der Waals surface area contributed by atoms with E-state index in [1.165, 1.54) is 6.26 Å². The first-order chi connectivity index (χ1) is 11.7. The van der Waals surface area contributed by atoms with Gasteiger partial charge in [-0.2, -0.15) is 0 Å². The Labute approximate surface area is 148 Å². The Balaban J connectivity index is 2.16.